The van der Waals surface area contributed by atoms with Gasteiger partial charge in [-0.15, -0.1) is 0 Å². The van der Waals surface area contributed by atoms with Crippen molar-refractivity contribution < 1.29 is 26.4 Å². The molecule has 1 aromatic carbocycles. The zero-order valence-corrected chi connectivity index (χ0v) is 12.5. The smallest absolute Gasteiger partial charge is 0.348 e. The lowest BCUT2D eigenvalue weighted by Crippen LogP contribution is -2.37. The van der Waals surface area contributed by atoms with Gasteiger partial charge in [-0.1, -0.05) is 6.07 Å². The van der Waals surface area contributed by atoms with E-state index in [0.29, 0.717) is 10.4 Å². The Morgan fingerprint density at radius 1 is 1.19 bits per heavy atom. The lowest BCUT2D eigenvalue weighted by Gasteiger charge is -2.19. The van der Waals surface area contributed by atoms with Crippen molar-refractivity contribution in [2.24, 2.45) is 0 Å². The number of nitrogens with zero attached hydrogens (tertiary/aromatic N) is 2. The molecule has 21 heavy (non-hydrogen) atoms. The molecule has 0 aliphatic rings. The Morgan fingerprint density at radius 2 is 1.76 bits per heavy atom. The highest BCUT2D eigenvalue weighted by Gasteiger charge is 2.32. The highest BCUT2D eigenvalue weighted by atomic mass is 32.2. The number of benzene rings is 1. The van der Waals surface area contributed by atoms with Crippen molar-refractivity contribution in [1.82, 2.24) is 9.21 Å². The Hall–Kier alpha value is -1.61. The highest BCUT2D eigenvalue weighted by molar-refractivity contribution is 7.89. The van der Waals surface area contributed by atoms with Crippen LogP contribution in [0.3, 0.4) is 0 Å². The molecule has 0 radical (unpaired) electrons. The molecule has 0 N–H and O–H groups in total. The molecule has 0 aromatic heterocycles. The third kappa shape index (κ3) is 4.18. The second kappa shape index (κ2) is 6.02. The third-order valence-corrected chi connectivity index (χ3v) is 4.53. The van der Waals surface area contributed by atoms with Crippen molar-refractivity contribution in [2.45, 2.75) is 11.1 Å². The maximum Gasteiger partial charge on any atom is 0.416 e. The molecule has 9 heteroatoms. The zero-order valence-electron chi connectivity index (χ0n) is 11.7. The van der Waals surface area contributed by atoms with Crippen molar-refractivity contribution in [2.75, 3.05) is 27.7 Å². The standard InChI is InChI=1S/C12H15F3N2O3S/c1-16(2)11(18)8-17(3)21(19,20)10-6-4-5-9(7-10)12(13,14)15/h4-7H,8H2,1-3H3. The predicted octanol–water partition coefficient (Wildman–Crippen LogP) is 1.41. The van der Waals surface area contributed by atoms with Crippen LogP contribution in [0.1, 0.15) is 5.56 Å². The number of alkyl halides is 3. The van der Waals surface area contributed by atoms with Gasteiger partial charge in [-0.25, -0.2) is 8.42 Å². The molecule has 0 fully saturated rings. The van der Waals surface area contributed by atoms with Gasteiger partial charge in [-0.05, 0) is 18.2 Å². The van der Waals surface area contributed by atoms with Crippen LogP contribution in [0, 0.1) is 0 Å². The van der Waals surface area contributed by atoms with Gasteiger partial charge in [0.15, 0.2) is 0 Å². The molecule has 0 saturated heterocycles. The van der Waals surface area contributed by atoms with E-state index >= 15 is 0 Å². The Balaban J connectivity index is 3.11. The molecule has 0 bridgehead atoms. The normalized spacial score (nSPS) is 12.5. The van der Waals surface area contributed by atoms with E-state index in [0.717, 1.165) is 25.2 Å². The number of sulfonamides is 1. The summed E-state index contributed by atoms with van der Waals surface area (Å²) in [6, 6.07) is 3.40. The molecular formula is C12H15F3N2O3S. The van der Waals surface area contributed by atoms with Crippen LogP contribution >= 0.6 is 0 Å². The van der Waals surface area contributed by atoms with Crippen LogP contribution in [-0.4, -0.2) is 51.2 Å². The van der Waals surface area contributed by atoms with Crippen LogP contribution in [0.2, 0.25) is 0 Å². The Morgan fingerprint density at radius 3 is 2.24 bits per heavy atom. The van der Waals surface area contributed by atoms with Crippen molar-refractivity contribution in [3.8, 4) is 0 Å². The first kappa shape index (κ1) is 17.4. The van der Waals surface area contributed by atoms with E-state index in [1.54, 1.807) is 0 Å². The summed E-state index contributed by atoms with van der Waals surface area (Å²) in [6.07, 6.45) is -4.64. The first-order chi connectivity index (χ1) is 9.46. The van der Waals surface area contributed by atoms with Gasteiger partial charge in [-0.3, -0.25) is 4.79 Å². The number of hydrogen-bond donors (Lipinski definition) is 0. The van der Waals surface area contributed by atoms with E-state index in [4.69, 9.17) is 0 Å². The summed E-state index contributed by atoms with van der Waals surface area (Å²) in [5.74, 6) is -0.479. The molecule has 0 heterocycles. The lowest BCUT2D eigenvalue weighted by atomic mass is 10.2. The summed E-state index contributed by atoms with van der Waals surface area (Å²) in [6.45, 7) is -0.453. The SMILES string of the molecule is CN(C)C(=O)CN(C)S(=O)(=O)c1cccc(C(F)(F)F)c1. The molecule has 118 valence electrons. The highest BCUT2D eigenvalue weighted by Crippen LogP contribution is 2.30. The summed E-state index contributed by atoms with van der Waals surface area (Å²) >= 11 is 0. The molecule has 1 aromatic rings. The molecule has 0 unspecified atom stereocenters. The number of carbonyl (C=O) groups excluding carboxylic acids is 1. The second-order valence-corrected chi connectivity index (χ2v) is 6.62. The number of halogens is 3. The third-order valence-electron chi connectivity index (χ3n) is 2.73. The molecule has 0 spiro atoms. The van der Waals surface area contributed by atoms with Gasteiger partial charge in [0.05, 0.1) is 17.0 Å². The van der Waals surface area contributed by atoms with Gasteiger partial charge in [0.1, 0.15) is 0 Å². The average Bonchev–Trinajstić information content (AvgIpc) is 2.37. The second-order valence-electron chi connectivity index (χ2n) is 4.57. The maximum absolute atomic E-state index is 12.6. The van der Waals surface area contributed by atoms with E-state index in [1.807, 2.05) is 0 Å². The van der Waals surface area contributed by atoms with E-state index in [9.17, 15) is 26.4 Å². The van der Waals surface area contributed by atoms with Crippen LogP contribution in [-0.2, 0) is 21.0 Å². The van der Waals surface area contributed by atoms with Crippen LogP contribution in [0.25, 0.3) is 0 Å². The van der Waals surface area contributed by atoms with E-state index in [-0.39, 0.29) is 0 Å². The monoisotopic (exact) mass is 324 g/mol. The van der Waals surface area contributed by atoms with Gasteiger partial charge in [0, 0.05) is 21.1 Å². The number of carbonyl (C=O) groups is 1. The lowest BCUT2D eigenvalue weighted by molar-refractivity contribution is -0.137. The average molecular weight is 324 g/mol. The maximum atomic E-state index is 12.6. The molecule has 0 saturated carbocycles. The molecular weight excluding hydrogens is 309 g/mol. The number of amides is 1. The minimum absolute atomic E-state index is 0.453. The molecule has 0 atom stereocenters. The molecule has 1 rings (SSSR count). The summed E-state index contributed by atoms with van der Waals surface area (Å²) < 4.78 is 62.8. The fraction of sp³-hybridized carbons (Fsp3) is 0.417. The summed E-state index contributed by atoms with van der Waals surface area (Å²) in [4.78, 5) is 12.2. The fourth-order valence-electron chi connectivity index (χ4n) is 1.43. The van der Waals surface area contributed by atoms with Gasteiger partial charge in [0.25, 0.3) is 0 Å². The van der Waals surface area contributed by atoms with Crippen molar-refractivity contribution in [1.29, 1.82) is 0 Å². The fourth-order valence-corrected chi connectivity index (χ4v) is 2.60. The number of likely N-dealkylation sites (N-methyl/N-ethyl adjacent to an activating group) is 2. The molecule has 1 amide bonds. The van der Waals surface area contributed by atoms with Crippen molar-refractivity contribution >= 4 is 15.9 Å². The predicted molar refractivity (Wildman–Crippen MR) is 70.0 cm³/mol. The quantitative estimate of drug-likeness (QED) is 0.841. The number of hydrogen-bond acceptors (Lipinski definition) is 3. The Kier molecular flexibility index (Phi) is 5.00. The summed E-state index contributed by atoms with van der Waals surface area (Å²) in [7, 11) is -0.126. The van der Waals surface area contributed by atoms with Crippen LogP contribution < -0.4 is 0 Å². The van der Waals surface area contributed by atoms with Crippen LogP contribution in [0.4, 0.5) is 13.2 Å². The van der Waals surface area contributed by atoms with E-state index < -0.39 is 39.1 Å². The summed E-state index contributed by atoms with van der Waals surface area (Å²) in [5.41, 5.74) is -1.06. The minimum atomic E-state index is -4.64. The zero-order chi connectivity index (χ0) is 16.4. The van der Waals surface area contributed by atoms with Crippen LogP contribution in [0.15, 0.2) is 29.2 Å². The van der Waals surface area contributed by atoms with Crippen molar-refractivity contribution in [3.63, 3.8) is 0 Å². The largest absolute Gasteiger partial charge is 0.416 e. The topological polar surface area (TPSA) is 57.7 Å². The van der Waals surface area contributed by atoms with E-state index in [2.05, 4.69) is 0 Å². The van der Waals surface area contributed by atoms with Gasteiger partial charge in [0.2, 0.25) is 15.9 Å². The number of rotatable bonds is 4. The molecule has 0 aliphatic heterocycles. The van der Waals surface area contributed by atoms with Crippen LogP contribution in [0.5, 0.6) is 0 Å². The van der Waals surface area contributed by atoms with Gasteiger partial charge >= 0.3 is 6.18 Å². The Bertz CT molecular complexity index is 627. The van der Waals surface area contributed by atoms with Gasteiger partial charge < -0.3 is 4.90 Å². The minimum Gasteiger partial charge on any atom is -0.348 e. The van der Waals surface area contributed by atoms with E-state index in [1.165, 1.54) is 19.0 Å². The first-order valence-electron chi connectivity index (χ1n) is 5.80. The Labute approximate surface area is 121 Å². The molecule has 0 aliphatic carbocycles. The summed E-state index contributed by atoms with van der Waals surface area (Å²) in [5, 5.41) is 0. The van der Waals surface area contributed by atoms with Gasteiger partial charge in [-0.2, -0.15) is 17.5 Å². The molecule has 5 nitrogen and oxygen atoms in total. The first-order valence-corrected chi connectivity index (χ1v) is 7.24. The van der Waals surface area contributed by atoms with Crippen molar-refractivity contribution in [3.05, 3.63) is 29.8 Å².